The quantitative estimate of drug-likeness (QED) is 0.495. The Hall–Kier alpha value is -0.380. The lowest BCUT2D eigenvalue weighted by atomic mass is 9.85. The van der Waals surface area contributed by atoms with Crippen LogP contribution >= 0.6 is 0 Å². The van der Waals surface area contributed by atoms with Gasteiger partial charge in [-0.05, 0) is 0 Å². The van der Waals surface area contributed by atoms with Gasteiger partial charge in [0, 0.05) is 11.8 Å². The molecule has 2 bridgehead atoms. The Kier molecular flexibility index (Phi) is 1.04. The smallest absolute Gasteiger partial charge is 0.160 e. The van der Waals surface area contributed by atoms with E-state index in [4.69, 9.17) is 9.47 Å². The van der Waals surface area contributed by atoms with Crippen LogP contribution in [0.15, 0.2) is 12.2 Å². The first-order chi connectivity index (χ1) is 5.36. The van der Waals surface area contributed by atoms with Gasteiger partial charge in [-0.2, -0.15) is 0 Å². The zero-order chi connectivity index (χ0) is 7.42. The van der Waals surface area contributed by atoms with E-state index in [0.29, 0.717) is 12.5 Å². The average molecular weight is 154 g/mol. The van der Waals surface area contributed by atoms with Crippen LogP contribution in [0.1, 0.15) is 0 Å². The van der Waals surface area contributed by atoms with Crippen molar-refractivity contribution in [2.45, 2.75) is 18.5 Å². The molecule has 0 aromatic rings. The molecule has 5 atom stereocenters. The van der Waals surface area contributed by atoms with Gasteiger partial charge in [0.15, 0.2) is 6.29 Å². The second kappa shape index (κ2) is 1.86. The minimum atomic E-state index is -0.597. The summed E-state index contributed by atoms with van der Waals surface area (Å²) in [6.07, 6.45) is 3.83. The molecule has 3 heterocycles. The molecule has 3 aliphatic heterocycles. The predicted molar refractivity (Wildman–Crippen MR) is 36.7 cm³/mol. The van der Waals surface area contributed by atoms with Crippen LogP contribution in [0, 0.1) is 11.8 Å². The zero-order valence-corrected chi connectivity index (χ0v) is 6.01. The van der Waals surface area contributed by atoms with Crippen molar-refractivity contribution in [1.29, 1.82) is 0 Å². The van der Waals surface area contributed by atoms with Crippen LogP contribution in [-0.4, -0.2) is 30.2 Å². The molecule has 0 spiro atoms. The predicted octanol–water partition coefficient (Wildman–Crippen LogP) is -0.0954. The number of aliphatic hydroxyl groups excluding tert-OH is 1. The lowest BCUT2D eigenvalue weighted by molar-refractivity contribution is -0.102. The summed E-state index contributed by atoms with van der Waals surface area (Å²) in [4.78, 5) is 0. The molecule has 0 aromatic carbocycles. The molecule has 3 unspecified atom stereocenters. The number of fused-ring (bicyclic) bond motifs is 5. The third-order valence-corrected chi connectivity index (χ3v) is 2.89. The molecule has 1 N–H and O–H groups in total. The van der Waals surface area contributed by atoms with E-state index in [1.807, 2.05) is 6.08 Å². The minimum Gasteiger partial charge on any atom is -0.368 e. The molecule has 3 aliphatic rings. The summed E-state index contributed by atoms with van der Waals surface area (Å²) in [5.74, 6) is 0.602. The molecule has 3 nitrogen and oxygen atoms in total. The van der Waals surface area contributed by atoms with Crippen LogP contribution in [0.4, 0.5) is 0 Å². The Morgan fingerprint density at radius 1 is 1.27 bits per heavy atom. The van der Waals surface area contributed by atoms with Crippen molar-refractivity contribution in [3.05, 3.63) is 12.2 Å². The maximum Gasteiger partial charge on any atom is 0.160 e. The van der Waals surface area contributed by atoms with Gasteiger partial charge in [-0.1, -0.05) is 12.2 Å². The second-order valence-corrected chi connectivity index (χ2v) is 3.42. The monoisotopic (exact) mass is 154 g/mol. The van der Waals surface area contributed by atoms with E-state index in [2.05, 4.69) is 6.08 Å². The number of ether oxygens (including phenoxy) is 2. The number of hydrogen-bond donors (Lipinski definition) is 1. The van der Waals surface area contributed by atoms with E-state index < -0.39 is 6.29 Å². The fraction of sp³-hybridized carbons (Fsp3) is 0.750. The highest BCUT2D eigenvalue weighted by atomic mass is 16.6. The summed E-state index contributed by atoms with van der Waals surface area (Å²) >= 11 is 0. The van der Waals surface area contributed by atoms with Crippen molar-refractivity contribution in [1.82, 2.24) is 0 Å². The van der Waals surface area contributed by atoms with Crippen molar-refractivity contribution in [3.63, 3.8) is 0 Å². The Balaban J connectivity index is 1.97. The summed E-state index contributed by atoms with van der Waals surface area (Å²) in [6.45, 7) is 0.650. The van der Waals surface area contributed by atoms with Gasteiger partial charge >= 0.3 is 0 Å². The molecule has 11 heavy (non-hydrogen) atoms. The highest BCUT2D eigenvalue weighted by Gasteiger charge is 2.53. The highest BCUT2D eigenvalue weighted by Crippen LogP contribution is 2.44. The first-order valence-corrected chi connectivity index (χ1v) is 4.00. The first kappa shape index (κ1) is 6.17. The lowest BCUT2D eigenvalue weighted by Crippen LogP contribution is -2.27. The van der Waals surface area contributed by atoms with E-state index in [0.717, 1.165) is 0 Å². The van der Waals surface area contributed by atoms with Crippen molar-refractivity contribution in [2.75, 3.05) is 6.61 Å². The van der Waals surface area contributed by atoms with Gasteiger partial charge in [0.05, 0.1) is 18.8 Å². The molecular weight excluding hydrogens is 144 g/mol. The van der Waals surface area contributed by atoms with Crippen LogP contribution in [-0.2, 0) is 9.47 Å². The SMILES string of the molecule is OC1OCC2C1[C@H]1C=C[C@@H]2O1. The van der Waals surface area contributed by atoms with E-state index in [1.54, 1.807) is 0 Å². The Bertz CT molecular complexity index is 213. The molecular formula is C8H10O3. The number of hydrogen-bond acceptors (Lipinski definition) is 3. The van der Waals surface area contributed by atoms with Gasteiger partial charge in [0.2, 0.25) is 0 Å². The molecule has 2 fully saturated rings. The largest absolute Gasteiger partial charge is 0.368 e. The van der Waals surface area contributed by atoms with Crippen LogP contribution in [0.25, 0.3) is 0 Å². The Morgan fingerprint density at radius 2 is 2.09 bits per heavy atom. The number of aliphatic hydroxyl groups is 1. The molecule has 3 rings (SSSR count). The van der Waals surface area contributed by atoms with E-state index in [-0.39, 0.29) is 18.1 Å². The second-order valence-electron chi connectivity index (χ2n) is 3.42. The van der Waals surface area contributed by atoms with E-state index in [9.17, 15) is 5.11 Å². The summed E-state index contributed by atoms with van der Waals surface area (Å²) in [6, 6.07) is 0. The fourth-order valence-electron chi connectivity index (χ4n) is 2.32. The van der Waals surface area contributed by atoms with E-state index in [1.165, 1.54) is 0 Å². The summed E-state index contributed by atoms with van der Waals surface area (Å²) in [7, 11) is 0. The van der Waals surface area contributed by atoms with Crippen molar-refractivity contribution in [2.24, 2.45) is 11.8 Å². The van der Waals surface area contributed by atoms with E-state index >= 15 is 0 Å². The van der Waals surface area contributed by atoms with Gasteiger partial charge in [-0.3, -0.25) is 0 Å². The normalized spacial score (nSPS) is 58.8. The maximum absolute atomic E-state index is 9.39. The van der Waals surface area contributed by atoms with Crippen molar-refractivity contribution >= 4 is 0 Å². The average Bonchev–Trinajstić information content (AvgIpc) is 2.60. The zero-order valence-electron chi connectivity index (χ0n) is 6.01. The summed E-state index contributed by atoms with van der Waals surface area (Å²) in [5.41, 5.74) is 0. The van der Waals surface area contributed by atoms with Crippen LogP contribution in [0.3, 0.4) is 0 Å². The topological polar surface area (TPSA) is 38.7 Å². The molecule has 0 saturated carbocycles. The van der Waals surface area contributed by atoms with Gasteiger partial charge in [-0.15, -0.1) is 0 Å². The molecule has 3 heteroatoms. The lowest BCUT2D eigenvalue weighted by Gasteiger charge is -2.16. The molecule has 0 radical (unpaired) electrons. The van der Waals surface area contributed by atoms with Gasteiger partial charge in [0.25, 0.3) is 0 Å². The van der Waals surface area contributed by atoms with Crippen molar-refractivity contribution in [3.8, 4) is 0 Å². The van der Waals surface area contributed by atoms with Crippen LogP contribution < -0.4 is 0 Å². The molecule has 2 saturated heterocycles. The first-order valence-electron chi connectivity index (χ1n) is 4.00. The molecule has 0 amide bonds. The molecule has 0 aliphatic carbocycles. The standard InChI is InChI=1S/C8H10O3/c9-8-7-4(3-10-8)5-1-2-6(7)11-5/h1-2,4-9H,3H2/t4?,5-,6+,7?,8?/m0/s1. The molecule has 60 valence electrons. The third-order valence-electron chi connectivity index (χ3n) is 2.89. The van der Waals surface area contributed by atoms with Gasteiger partial charge in [0.1, 0.15) is 0 Å². The molecule has 0 aromatic heterocycles. The third kappa shape index (κ3) is 0.637. The fourth-order valence-corrected chi connectivity index (χ4v) is 2.32. The summed E-state index contributed by atoms with van der Waals surface area (Å²) in [5, 5.41) is 9.39. The van der Waals surface area contributed by atoms with Gasteiger partial charge in [-0.25, -0.2) is 0 Å². The Labute approximate surface area is 64.6 Å². The summed E-state index contributed by atoms with van der Waals surface area (Å²) < 4.78 is 10.7. The Morgan fingerprint density at radius 3 is 2.91 bits per heavy atom. The van der Waals surface area contributed by atoms with Crippen LogP contribution in [0.2, 0.25) is 0 Å². The minimum absolute atomic E-state index is 0.113. The highest BCUT2D eigenvalue weighted by molar-refractivity contribution is 5.16. The maximum atomic E-state index is 9.39. The van der Waals surface area contributed by atoms with Crippen LogP contribution in [0.5, 0.6) is 0 Å². The van der Waals surface area contributed by atoms with Crippen molar-refractivity contribution < 1.29 is 14.6 Å². The van der Waals surface area contributed by atoms with Gasteiger partial charge < -0.3 is 14.6 Å². The number of rotatable bonds is 0.